The molecule has 4 heteroatoms. The Morgan fingerprint density at radius 1 is 1.00 bits per heavy atom. The van der Waals surface area contributed by atoms with Crippen LogP contribution in [0.15, 0.2) is 71.1 Å². The van der Waals surface area contributed by atoms with Gasteiger partial charge in [-0.3, -0.25) is 4.79 Å². The van der Waals surface area contributed by atoms with Gasteiger partial charge in [0.15, 0.2) is 0 Å². The average molecular weight is 326 g/mol. The topological polar surface area (TPSA) is 42.2 Å². The van der Waals surface area contributed by atoms with Crippen molar-refractivity contribution in [2.24, 2.45) is 0 Å². The van der Waals surface area contributed by atoms with Gasteiger partial charge in [0.1, 0.15) is 11.5 Å². The van der Waals surface area contributed by atoms with E-state index in [1.807, 2.05) is 48.5 Å². The van der Waals surface area contributed by atoms with Gasteiger partial charge in [-0.2, -0.15) is 0 Å². The Hall–Kier alpha value is -2.52. The van der Waals surface area contributed by atoms with E-state index in [4.69, 9.17) is 16.0 Å². The van der Waals surface area contributed by atoms with Crippen LogP contribution in [0.5, 0.6) is 0 Å². The molecular formula is C19H16ClNO2. The van der Waals surface area contributed by atoms with E-state index >= 15 is 0 Å². The molecule has 0 bridgehead atoms. The van der Waals surface area contributed by atoms with Crippen LogP contribution in [0.4, 0.5) is 5.69 Å². The third-order valence-corrected chi connectivity index (χ3v) is 3.66. The number of hydrogen-bond donors (Lipinski definition) is 1. The maximum Gasteiger partial charge on any atom is 0.224 e. The number of rotatable bonds is 5. The summed E-state index contributed by atoms with van der Waals surface area (Å²) in [5.41, 5.74) is 1.73. The number of hydrogen-bond acceptors (Lipinski definition) is 2. The van der Waals surface area contributed by atoms with Crippen molar-refractivity contribution in [1.82, 2.24) is 0 Å². The van der Waals surface area contributed by atoms with Crippen molar-refractivity contribution in [1.29, 1.82) is 0 Å². The standard InChI is InChI=1S/C19H16ClNO2/c20-15-7-4-8-16(13-15)21-19(22)12-10-17-9-11-18(23-17)14-5-2-1-3-6-14/h1-9,11,13H,10,12H2,(H,21,22). The Bertz CT molecular complexity index is 796. The summed E-state index contributed by atoms with van der Waals surface area (Å²) in [6.07, 6.45) is 0.910. The highest BCUT2D eigenvalue weighted by Gasteiger charge is 2.08. The van der Waals surface area contributed by atoms with Gasteiger partial charge in [0.25, 0.3) is 0 Å². The summed E-state index contributed by atoms with van der Waals surface area (Å²) >= 11 is 5.90. The van der Waals surface area contributed by atoms with Crippen molar-refractivity contribution in [2.45, 2.75) is 12.8 Å². The molecule has 1 N–H and O–H groups in total. The number of benzene rings is 2. The second kappa shape index (κ2) is 7.16. The minimum Gasteiger partial charge on any atom is -0.461 e. The molecule has 0 aliphatic carbocycles. The molecule has 0 aliphatic rings. The number of amides is 1. The maximum atomic E-state index is 12.0. The molecule has 0 unspecified atom stereocenters. The first kappa shape index (κ1) is 15.4. The van der Waals surface area contributed by atoms with Gasteiger partial charge in [-0.1, -0.05) is 48.0 Å². The van der Waals surface area contributed by atoms with Gasteiger partial charge >= 0.3 is 0 Å². The van der Waals surface area contributed by atoms with E-state index in [2.05, 4.69) is 5.32 Å². The van der Waals surface area contributed by atoms with E-state index < -0.39 is 0 Å². The van der Waals surface area contributed by atoms with E-state index in [9.17, 15) is 4.79 Å². The monoisotopic (exact) mass is 325 g/mol. The highest BCUT2D eigenvalue weighted by Crippen LogP contribution is 2.22. The highest BCUT2D eigenvalue weighted by molar-refractivity contribution is 6.30. The third-order valence-electron chi connectivity index (χ3n) is 3.43. The Labute approximate surface area is 139 Å². The lowest BCUT2D eigenvalue weighted by molar-refractivity contribution is -0.116. The Kier molecular flexibility index (Phi) is 4.79. The predicted octanol–water partition coefficient (Wildman–Crippen LogP) is 5.17. The van der Waals surface area contributed by atoms with Gasteiger partial charge in [-0.05, 0) is 30.3 Å². The first-order valence-corrected chi connectivity index (χ1v) is 7.78. The molecule has 0 saturated carbocycles. The van der Waals surface area contributed by atoms with E-state index in [1.165, 1.54) is 0 Å². The van der Waals surface area contributed by atoms with Crippen molar-refractivity contribution in [3.8, 4) is 11.3 Å². The third kappa shape index (κ3) is 4.24. The molecule has 3 aromatic rings. The molecule has 23 heavy (non-hydrogen) atoms. The van der Waals surface area contributed by atoms with Crippen LogP contribution in [0.1, 0.15) is 12.2 Å². The molecule has 0 aliphatic heterocycles. The van der Waals surface area contributed by atoms with Gasteiger partial charge < -0.3 is 9.73 Å². The molecule has 116 valence electrons. The fourth-order valence-electron chi connectivity index (χ4n) is 2.30. The molecule has 1 heterocycles. The van der Waals surface area contributed by atoms with Gasteiger partial charge in [0.2, 0.25) is 5.91 Å². The SMILES string of the molecule is O=C(CCc1ccc(-c2ccccc2)o1)Nc1cccc(Cl)c1. The van der Waals surface area contributed by atoms with Crippen molar-refractivity contribution in [3.05, 3.63) is 77.5 Å². The quantitative estimate of drug-likeness (QED) is 0.703. The lowest BCUT2D eigenvalue weighted by Gasteiger charge is -2.04. The van der Waals surface area contributed by atoms with Crippen molar-refractivity contribution >= 4 is 23.2 Å². The molecule has 1 aromatic heterocycles. The average Bonchev–Trinajstić information content (AvgIpc) is 3.03. The van der Waals surface area contributed by atoms with E-state index in [0.29, 0.717) is 23.6 Å². The summed E-state index contributed by atoms with van der Waals surface area (Å²) in [6, 6.07) is 20.8. The van der Waals surface area contributed by atoms with Crippen molar-refractivity contribution in [3.63, 3.8) is 0 Å². The fraction of sp³-hybridized carbons (Fsp3) is 0.105. The molecule has 0 saturated heterocycles. The zero-order chi connectivity index (χ0) is 16.1. The van der Waals surface area contributed by atoms with Crippen LogP contribution in [-0.2, 0) is 11.2 Å². The number of carbonyl (C=O) groups excluding carboxylic acids is 1. The first-order chi connectivity index (χ1) is 11.2. The summed E-state index contributed by atoms with van der Waals surface area (Å²) in [7, 11) is 0. The summed E-state index contributed by atoms with van der Waals surface area (Å²) in [4.78, 5) is 12.0. The van der Waals surface area contributed by atoms with Crippen LogP contribution in [0.25, 0.3) is 11.3 Å². The molecule has 3 nitrogen and oxygen atoms in total. The van der Waals surface area contributed by atoms with Crippen LogP contribution in [0.3, 0.4) is 0 Å². The van der Waals surface area contributed by atoms with E-state index in [-0.39, 0.29) is 5.91 Å². The van der Waals surface area contributed by atoms with Crippen LogP contribution in [0.2, 0.25) is 5.02 Å². The molecule has 0 spiro atoms. The molecule has 2 aromatic carbocycles. The Balaban J connectivity index is 1.56. The van der Waals surface area contributed by atoms with E-state index in [1.54, 1.807) is 18.2 Å². The van der Waals surface area contributed by atoms with Gasteiger partial charge in [-0.15, -0.1) is 0 Å². The minimum absolute atomic E-state index is 0.0649. The van der Waals surface area contributed by atoms with Gasteiger partial charge in [0.05, 0.1) is 0 Å². The first-order valence-electron chi connectivity index (χ1n) is 7.40. The van der Waals surface area contributed by atoms with Crippen LogP contribution in [0, 0.1) is 0 Å². The normalized spacial score (nSPS) is 10.5. The van der Waals surface area contributed by atoms with Crippen molar-refractivity contribution < 1.29 is 9.21 Å². The Morgan fingerprint density at radius 2 is 1.83 bits per heavy atom. The zero-order valence-electron chi connectivity index (χ0n) is 12.5. The number of halogens is 1. The highest BCUT2D eigenvalue weighted by atomic mass is 35.5. The van der Waals surface area contributed by atoms with Gasteiger partial charge in [-0.25, -0.2) is 0 Å². The van der Waals surface area contributed by atoms with Crippen LogP contribution >= 0.6 is 11.6 Å². The zero-order valence-corrected chi connectivity index (χ0v) is 13.2. The number of anilines is 1. The summed E-state index contributed by atoms with van der Waals surface area (Å²) in [5, 5.41) is 3.42. The fourth-order valence-corrected chi connectivity index (χ4v) is 2.49. The smallest absolute Gasteiger partial charge is 0.224 e. The Morgan fingerprint density at radius 3 is 2.61 bits per heavy atom. The lowest BCUT2D eigenvalue weighted by Crippen LogP contribution is -2.12. The predicted molar refractivity (Wildman–Crippen MR) is 92.5 cm³/mol. The molecule has 0 fully saturated rings. The van der Waals surface area contributed by atoms with Crippen LogP contribution < -0.4 is 5.32 Å². The second-order valence-electron chi connectivity index (χ2n) is 5.19. The molecule has 0 radical (unpaired) electrons. The van der Waals surface area contributed by atoms with Gasteiger partial charge in [0, 0.05) is 29.1 Å². The largest absolute Gasteiger partial charge is 0.461 e. The molecular weight excluding hydrogens is 310 g/mol. The number of furan rings is 1. The van der Waals surface area contributed by atoms with Crippen molar-refractivity contribution in [2.75, 3.05) is 5.32 Å². The minimum atomic E-state index is -0.0649. The lowest BCUT2D eigenvalue weighted by atomic mass is 10.2. The molecule has 3 rings (SSSR count). The summed E-state index contributed by atoms with van der Waals surface area (Å²) < 4.78 is 5.79. The number of carbonyl (C=O) groups is 1. The summed E-state index contributed by atoms with van der Waals surface area (Å²) in [6.45, 7) is 0. The second-order valence-corrected chi connectivity index (χ2v) is 5.63. The molecule has 0 atom stereocenters. The maximum absolute atomic E-state index is 12.0. The number of nitrogens with one attached hydrogen (secondary N) is 1. The number of aryl methyl sites for hydroxylation is 1. The molecule has 1 amide bonds. The van der Waals surface area contributed by atoms with Crippen LogP contribution in [-0.4, -0.2) is 5.91 Å². The van der Waals surface area contributed by atoms with E-state index in [0.717, 1.165) is 17.1 Å². The summed E-state index contributed by atoms with van der Waals surface area (Å²) in [5.74, 6) is 1.55.